The molecule has 0 amide bonds. The van der Waals surface area contributed by atoms with E-state index in [1.165, 1.54) is 18.2 Å². The van der Waals surface area contributed by atoms with E-state index in [2.05, 4.69) is 4.72 Å². The first-order chi connectivity index (χ1) is 8.97. The summed E-state index contributed by atoms with van der Waals surface area (Å²) in [7, 11) is -3.70. The maximum absolute atomic E-state index is 12.2. The summed E-state index contributed by atoms with van der Waals surface area (Å²) < 4.78 is 27.0. The molecule has 0 heterocycles. The first-order valence-corrected chi connectivity index (χ1v) is 7.76. The summed E-state index contributed by atoms with van der Waals surface area (Å²) in [5.41, 5.74) is 5.90. The molecular weight excluding hydrogens is 286 g/mol. The fourth-order valence-corrected chi connectivity index (χ4v) is 3.75. The summed E-state index contributed by atoms with van der Waals surface area (Å²) in [6.07, 6.45) is 1.98. The van der Waals surface area contributed by atoms with Crippen molar-refractivity contribution >= 4 is 21.6 Å². The van der Waals surface area contributed by atoms with Crippen LogP contribution in [0.15, 0.2) is 23.1 Å². The van der Waals surface area contributed by atoms with Crippen LogP contribution in [0.1, 0.15) is 18.4 Å². The molecular formula is C12H14ClN3O2S. The highest BCUT2D eigenvalue weighted by atomic mass is 35.5. The molecule has 0 bridgehead atoms. The second kappa shape index (κ2) is 5.47. The van der Waals surface area contributed by atoms with Gasteiger partial charge >= 0.3 is 0 Å². The summed E-state index contributed by atoms with van der Waals surface area (Å²) >= 11 is 5.91. The molecule has 7 heteroatoms. The largest absolute Gasteiger partial charge is 0.329 e. The Morgan fingerprint density at radius 1 is 1.53 bits per heavy atom. The first-order valence-electron chi connectivity index (χ1n) is 5.90. The zero-order valence-corrected chi connectivity index (χ0v) is 11.7. The number of nitrogens with zero attached hydrogens (tertiary/aromatic N) is 1. The van der Waals surface area contributed by atoms with Crippen LogP contribution in [-0.2, 0) is 10.0 Å². The Balaban J connectivity index is 2.26. The smallest absolute Gasteiger partial charge is 0.242 e. The topological polar surface area (TPSA) is 96.0 Å². The molecule has 1 saturated carbocycles. The van der Waals surface area contributed by atoms with Gasteiger partial charge in [0.25, 0.3) is 0 Å². The molecule has 19 heavy (non-hydrogen) atoms. The average molecular weight is 300 g/mol. The third-order valence-electron chi connectivity index (χ3n) is 3.10. The number of nitrogens with two attached hydrogens (primary N) is 1. The van der Waals surface area contributed by atoms with Crippen LogP contribution in [0, 0.1) is 17.2 Å². The van der Waals surface area contributed by atoms with E-state index < -0.39 is 10.0 Å². The van der Waals surface area contributed by atoms with Gasteiger partial charge in [-0.1, -0.05) is 11.6 Å². The Bertz CT molecular complexity index is 620. The van der Waals surface area contributed by atoms with Crippen LogP contribution in [0.2, 0.25) is 5.02 Å². The van der Waals surface area contributed by atoms with Gasteiger partial charge in [-0.25, -0.2) is 13.1 Å². The van der Waals surface area contributed by atoms with Gasteiger partial charge in [0, 0.05) is 12.6 Å². The van der Waals surface area contributed by atoms with Crippen LogP contribution in [-0.4, -0.2) is 21.0 Å². The third-order valence-corrected chi connectivity index (χ3v) is 5.07. The highest BCUT2D eigenvalue weighted by molar-refractivity contribution is 7.89. The Labute approximate surface area is 117 Å². The lowest BCUT2D eigenvalue weighted by Gasteiger charge is -2.16. The molecule has 1 unspecified atom stereocenters. The molecule has 0 radical (unpaired) electrons. The minimum Gasteiger partial charge on any atom is -0.329 e. The van der Waals surface area contributed by atoms with Crippen LogP contribution in [0.4, 0.5) is 0 Å². The van der Waals surface area contributed by atoms with Crippen molar-refractivity contribution in [1.82, 2.24) is 4.72 Å². The highest BCUT2D eigenvalue weighted by Gasteiger charge is 2.33. The second-order valence-corrected chi connectivity index (χ2v) is 6.65. The van der Waals surface area contributed by atoms with Crippen LogP contribution in [0.25, 0.3) is 0 Å². The van der Waals surface area contributed by atoms with Crippen LogP contribution in [0.5, 0.6) is 0 Å². The predicted octanol–water partition coefficient (Wildman–Crippen LogP) is 1.23. The Hall–Kier alpha value is -1.13. The molecule has 5 nitrogen and oxygen atoms in total. The maximum atomic E-state index is 12.2. The lowest BCUT2D eigenvalue weighted by molar-refractivity contribution is 0.519. The molecule has 1 aliphatic rings. The van der Waals surface area contributed by atoms with Crippen molar-refractivity contribution in [3.05, 3.63) is 28.8 Å². The van der Waals surface area contributed by atoms with Gasteiger partial charge in [0.15, 0.2) is 0 Å². The van der Waals surface area contributed by atoms with Gasteiger partial charge in [-0.2, -0.15) is 5.26 Å². The fourth-order valence-electron chi connectivity index (χ4n) is 1.89. The lowest BCUT2D eigenvalue weighted by atomic mass is 10.2. The number of benzene rings is 1. The van der Waals surface area contributed by atoms with Gasteiger partial charge in [-0.15, -0.1) is 0 Å². The predicted molar refractivity (Wildman–Crippen MR) is 72.1 cm³/mol. The quantitative estimate of drug-likeness (QED) is 0.854. The molecule has 2 rings (SSSR count). The Morgan fingerprint density at radius 3 is 2.68 bits per heavy atom. The summed E-state index contributed by atoms with van der Waals surface area (Å²) in [4.78, 5) is -0.0210. The third kappa shape index (κ3) is 3.25. The highest BCUT2D eigenvalue weighted by Crippen LogP contribution is 2.33. The van der Waals surface area contributed by atoms with Crippen molar-refractivity contribution in [2.45, 2.75) is 23.8 Å². The molecule has 0 aliphatic heterocycles. The van der Waals surface area contributed by atoms with E-state index in [4.69, 9.17) is 22.6 Å². The van der Waals surface area contributed by atoms with Gasteiger partial charge in [-0.05, 0) is 37.0 Å². The average Bonchev–Trinajstić information content (AvgIpc) is 3.19. The van der Waals surface area contributed by atoms with Crippen molar-refractivity contribution in [2.75, 3.05) is 6.54 Å². The molecule has 1 aliphatic carbocycles. The monoisotopic (exact) mass is 299 g/mol. The molecule has 0 aromatic heterocycles. The van der Waals surface area contributed by atoms with Crippen molar-refractivity contribution in [3.63, 3.8) is 0 Å². The van der Waals surface area contributed by atoms with Crippen LogP contribution < -0.4 is 10.5 Å². The lowest BCUT2D eigenvalue weighted by Crippen LogP contribution is -2.41. The minimum absolute atomic E-state index is 0.0210. The summed E-state index contributed by atoms with van der Waals surface area (Å²) in [6.45, 7) is 0.262. The van der Waals surface area contributed by atoms with E-state index in [1.54, 1.807) is 0 Å². The SMILES string of the molecule is N#Cc1ccc(S(=O)(=O)NC(CN)C2CC2)c(Cl)c1. The molecule has 1 atom stereocenters. The summed E-state index contributed by atoms with van der Waals surface area (Å²) in [6, 6.07) is 5.75. The number of hydrogen-bond acceptors (Lipinski definition) is 4. The van der Waals surface area contributed by atoms with E-state index in [9.17, 15) is 8.42 Å². The van der Waals surface area contributed by atoms with Crippen molar-refractivity contribution in [3.8, 4) is 6.07 Å². The van der Waals surface area contributed by atoms with Gasteiger partial charge in [-0.3, -0.25) is 0 Å². The molecule has 102 valence electrons. The van der Waals surface area contributed by atoms with E-state index in [0.717, 1.165) is 12.8 Å². The van der Waals surface area contributed by atoms with Gasteiger partial charge in [0.05, 0.1) is 16.7 Å². The zero-order valence-electron chi connectivity index (χ0n) is 10.1. The maximum Gasteiger partial charge on any atom is 0.242 e. The van der Waals surface area contributed by atoms with Crippen molar-refractivity contribution in [1.29, 1.82) is 5.26 Å². The number of hydrogen-bond donors (Lipinski definition) is 2. The molecule has 3 N–H and O–H groups in total. The molecule has 1 aromatic rings. The number of nitriles is 1. The van der Waals surface area contributed by atoms with E-state index in [0.29, 0.717) is 11.5 Å². The molecule has 1 fully saturated rings. The van der Waals surface area contributed by atoms with E-state index in [1.807, 2.05) is 6.07 Å². The Kier molecular flexibility index (Phi) is 4.11. The number of rotatable bonds is 5. The van der Waals surface area contributed by atoms with E-state index in [-0.39, 0.29) is 22.5 Å². The molecule has 0 spiro atoms. The number of halogens is 1. The molecule has 0 saturated heterocycles. The second-order valence-electron chi connectivity index (χ2n) is 4.56. The van der Waals surface area contributed by atoms with Gasteiger partial charge < -0.3 is 5.73 Å². The van der Waals surface area contributed by atoms with E-state index >= 15 is 0 Å². The minimum atomic E-state index is -3.70. The van der Waals surface area contributed by atoms with Crippen LogP contribution in [0.3, 0.4) is 0 Å². The summed E-state index contributed by atoms with van der Waals surface area (Å²) in [5, 5.41) is 8.77. The van der Waals surface area contributed by atoms with Crippen LogP contribution >= 0.6 is 11.6 Å². The first kappa shape index (κ1) is 14.3. The fraction of sp³-hybridized carbons (Fsp3) is 0.417. The number of sulfonamides is 1. The standard InChI is InChI=1S/C12H14ClN3O2S/c13-10-5-8(6-14)1-4-12(10)19(17,18)16-11(7-15)9-2-3-9/h1,4-5,9,11,16H,2-3,7,15H2. The van der Waals surface area contributed by atoms with Gasteiger partial charge in [0.1, 0.15) is 4.90 Å². The Morgan fingerprint density at radius 2 is 2.21 bits per heavy atom. The number of nitrogens with one attached hydrogen (secondary N) is 1. The normalized spacial score (nSPS) is 16.9. The van der Waals surface area contributed by atoms with Gasteiger partial charge in [0.2, 0.25) is 10.0 Å². The zero-order chi connectivity index (χ0) is 14.0. The molecule has 1 aromatic carbocycles. The van der Waals surface area contributed by atoms with Crippen molar-refractivity contribution < 1.29 is 8.42 Å². The van der Waals surface area contributed by atoms with Crippen molar-refractivity contribution in [2.24, 2.45) is 11.7 Å². The summed E-state index contributed by atoms with van der Waals surface area (Å²) in [5.74, 6) is 0.317.